The number of nitrogens with zero attached hydrogens (tertiary/aromatic N) is 2. The molecule has 3 atom stereocenters. The van der Waals surface area contributed by atoms with E-state index in [-0.39, 0.29) is 17.9 Å². The number of fused-ring (bicyclic) bond motifs is 1. The fourth-order valence-corrected chi connectivity index (χ4v) is 4.87. The Labute approximate surface area is 154 Å². The van der Waals surface area contributed by atoms with Crippen LogP contribution in [0.4, 0.5) is 0 Å². The molecule has 1 aromatic heterocycles. The highest BCUT2D eigenvalue weighted by molar-refractivity contribution is 5.94. The Morgan fingerprint density at radius 3 is 2.69 bits per heavy atom. The smallest absolute Gasteiger partial charge is 0.272 e. The molecule has 4 nitrogen and oxygen atoms in total. The zero-order chi connectivity index (χ0) is 18.1. The number of pyridine rings is 1. The maximum Gasteiger partial charge on any atom is 0.272 e. The molecule has 1 saturated heterocycles. The van der Waals surface area contributed by atoms with Crippen molar-refractivity contribution in [2.24, 2.45) is 5.92 Å². The van der Waals surface area contributed by atoms with Gasteiger partial charge < -0.3 is 10.0 Å². The van der Waals surface area contributed by atoms with Crippen molar-refractivity contribution >= 4 is 5.91 Å². The second-order valence-corrected chi connectivity index (χ2v) is 7.67. The van der Waals surface area contributed by atoms with E-state index in [2.05, 4.69) is 4.98 Å². The standard InChI is InChI=1S/C22H26N2O2/c1-16-8-7-14-23-20(16)21(25)24-15-13-22(26,17-9-3-2-4-10-17)18-11-5-6-12-19(18)24/h2-4,7-10,14,18-19,26H,5-6,11-13,15H2,1H3/t18-,19+,22?/m0/s1. The summed E-state index contributed by atoms with van der Waals surface area (Å²) in [6.45, 7) is 2.50. The Hall–Kier alpha value is -2.20. The first-order valence-corrected chi connectivity index (χ1v) is 9.62. The number of carbonyl (C=O) groups excluding carboxylic acids is 1. The summed E-state index contributed by atoms with van der Waals surface area (Å²) in [5.41, 5.74) is 1.59. The largest absolute Gasteiger partial charge is 0.385 e. The van der Waals surface area contributed by atoms with Crippen molar-refractivity contribution < 1.29 is 9.90 Å². The lowest BCUT2D eigenvalue weighted by atomic mass is 9.66. The first-order valence-electron chi connectivity index (χ1n) is 9.62. The van der Waals surface area contributed by atoms with Crippen LogP contribution >= 0.6 is 0 Å². The summed E-state index contributed by atoms with van der Waals surface area (Å²) in [6, 6.07) is 13.9. The van der Waals surface area contributed by atoms with Crippen LogP contribution in [-0.2, 0) is 5.60 Å². The number of aliphatic hydroxyl groups is 1. The van der Waals surface area contributed by atoms with Gasteiger partial charge in [-0.05, 0) is 43.4 Å². The van der Waals surface area contributed by atoms with Crippen LogP contribution in [0, 0.1) is 12.8 Å². The fourth-order valence-electron chi connectivity index (χ4n) is 4.87. The minimum absolute atomic E-state index is 0.00936. The SMILES string of the molecule is Cc1cccnc1C(=O)N1CCC(O)(c2ccccc2)[C@H]2CCCC[C@H]21. The molecule has 4 rings (SSSR count). The number of likely N-dealkylation sites (tertiary alicyclic amines) is 1. The highest BCUT2D eigenvalue weighted by Crippen LogP contribution is 2.47. The van der Waals surface area contributed by atoms with E-state index in [4.69, 9.17) is 0 Å². The minimum atomic E-state index is -0.845. The van der Waals surface area contributed by atoms with Gasteiger partial charge in [0.2, 0.25) is 0 Å². The molecule has 2 heterocycles. The molecule has 136 valence electrons. The summed E-state index contributed by atoms with van der Waals surface area (Å²) in [5.74, 6) is 0.0930. The van der Waals surface area contributed by atoms with Crippen molar-refractivity contribution in [3.8, 4) is 0 Å². The number of hydrogen-bond acceptors (Lipinski definition) is 3. The van der Waals surface area contributed by atoms with Crippen LogP contribution in [0.1, 0.15) is 53.7 Å². The lowest BCUT2D eigenvalue weighted by Crippen LogP contribution is -2.59. The van der Waals surface area contributed by atoms with Crippen molar-refractivity contribution in [1.29, 1.82) is 0 Å². The topological polar surface area (TPSA) is 53.4 Å². The van der Waals surface area contributed by atoms with Gasteiger partial charge in [-0.25, -0.2) is 0 Å². The molecular formula is C22H26N2O2. The average Bonchev–Trinajstić information content (AvgIpc) is 2.69. The normalized spacial score (nSPS) is 28.5. The van der Waals surface area contributed by atoms with Crippen molar-refractivity contribution in [3.05, 3.63) is 65.5 Å². The molecule has 2 aliphatic rings. The fraction of sp³-hybridized carbons (Fsp3) is 0.455. The number of rotatable bonds is 2. The second kappa shape index (κ2) is 6.84. The Balaban J connectivity index is 1.67. The first-order chi connectivity index (χ1) is 12.6. The van der Waals surface area contributed by atoms with Gasteiger partial charge in [0.1, 0.15) is 5.69 Å². The van der Waals surface area contributed by atoms with Gasteiger partial charge in [-0.1, -0.05) is 49.2 Å². The quantitative estimate of drug-likeness (QED) is 0.899. The zero-order valence-corrected chi connectivity index (χ0v) is 15.3. The number of aryl methyl sites for hydroxylation is 1. The third-order valence-electron chi connectivity index (χ3n) is 6.22. The number of carbonyl (C=O) groups is 1. The molecule has 1 aliphatic carbocycles. The van der Waals surface area contributed by atoms with Crippen LogP contribution < -0.4 is 0 Å². The van der Waals surface area contributed by atoms with Gasteiger partial charge in [-0.2, -0.15) is 0 Å². The highest BCUT2D eigenvalue weighted by atomic mass is 16.3. The second-order valence-electron chi connectivity index (χ2n) is 7.67. The number of benzene rings is 1. The molecule has 1 aromatic carbocycles. The van der Waals surface area contributed by atoms with E-state index in [1.165, 1.54) is 0 Å². The first kappa shape index (κ1) is 17.2. The maximum absolute atomic E-state index is 13.2. The zero-order valence-electron chi connectivity index (χ0n) is 15.3. The summed E-state index contributed by atoms with van der Waals surface area (Å²) in [6.07, 6.45) is 6.40. The van der Waals surface area contributed by atoms with E-state index in [0.29, 0.717) is 18.7 Å². The number of amides is 1. The molecule has 0 spiro atoms. The molecular weight excluding hydrogens is 324 g/mol. The molecule has 2 aromatic rings. The van der Waals surface area contributed by atoms with E-state index < -0.39 is 5.60 Å². The lowest BCUT2D eigenvalue weighted by molar-refractivity contribution is -0.110. The summed E-state index contributed by atoms with van der Waals surface area (Å²) in [5, 5.41) is 11.6. The molecule has 26 heavy (non-hydrogen) atoms. The molecule has 1 N–H and O–H groups in total. The van der Waals surface area contributed by atoms with Crippen LogP contribution in [0.25, 0.3) is 0 Å². The predicted octanol–water partition coefficient (Wildman–Crippen LogP) is 3.68. The minimum Gasteiger partial charge on any atom is -0.385 e. The van der Waals surface area contributed by atoms with Crippen molar-refractivity contribution in [3.63, 3.8) is 0 Å². The molecule has 1 saturated carbocycles. The molecule has 1 aliphatic heterocycles. The summed E-state index contributed by atoms with van der Waals surface area (Å²) in [7, 11) is 0. The number of piperidine rings is 1. The molecule has 1 unspecified atom stereocenters. The summed E-state index contributed by atoms with van der Waals surface area (Å²) in [4.78, 5) is 19.5. The van der Waals surface area contributed by atoms with Crippen molar-refractivity contribution in [1.82, 2.24) is 9.88 Å². The molecule has 2 fully saturated rings. The summed E-state index contributed by atoms with van der Waals surface area (Å²) < 4.78 is 0. The predicted molar refractivity (Wildman–Crippen MR) is 101 cm³/mol. The third kappa shape index (κ3) is 2.82. The van der Waals surface area contributed by atoms with Crippen LogP contribution in [0.15, 0.2) is 48.7 Å². The van der Waals surface area contributed by atoms with Crippen LogP contribution in [0.2, 0.25) is 0 Å². The Kier molecular flexibility index (Phi) is 4.53. The van der Waals surface area contributed by atoms with Gasteiger partial charge >= 0.3 is 0 Å². The van der Waals surface area contributed by atoms with E-state index in [1.807, 2.05) is 54.3 Å². The molecule has 0 radical (unpaired) electrons. The monoisotopic (exact) mass is 350 g/mol. The third-order valence-corrected chi connectivity index (χ3v) is 6.22. The van der Waals surface area contributed by atoms with Crippen LogP contribution in [0.5, 0.6) is 0 Å². The van der Waals surface area contributed by atoms with Gasteiger partial charge in [0.25, 0.3) is 5.91 Å². The van der Waals surface area contributed by atoms with Gasteiger partial charge in [0, 0.05) is 24.7 Å². The van der Waals surface area contributed by atoms with Crippen LogP contribution in [0.3, 0.4) is 0 Å². The Morgan fingerprint density at radius 1 is 1.15 bits per heavy atom. The molecule has 4 heteroatoms. The van der Waals surface area contributed by atoms with E-state index in [0.717, 1.165) is 36.8 Å². The van der Waals surface area contributed by atoms with Gasteiger partial charge in [-0.15, -0.1) is 0 Å². The van der Waals surface area contributed by atoms with E-state index >= 15 is 0 Å². The van der Waals surface area contributed by atoms with Gasteiger partial charge in [-0.3, -0.25) is 9.78 Å². The lowest BCUT2D eigenvalue weighted by Gasteiger charge is -2.52. The number of aromatic nitrogens is 1. The van der Waals surface area contributed by atoms with Crippen LogP contribution in [-0.4, -0.2) is 33.5 Å². The van der Waals surface area contributed by atoms with Crippen molar-refractivity contribution in [2.45, 2.75) is 50.7 Å². The number of hydrogen-bond donors (Lipinski definition) is 1. The Bertz CT molecular complexity index is 792. The molecule has 0 bridgehead atoms. The van der Waals surface area contributed by atoms with Crippen molar-refractivity contribution in [2.75, 3.05) is 6.54 Å². The summed E-state index contributed by atoms with van der Waals surface area (Å²) >= 11 is 0. The maximum atomic E-state index is 13.2. The van der Waals surface area contributed by atoms with E-state index in [9.17, 15) is 9.90 Å². The Morgan fingerprint density at radius 2 is 1.92 bits per heavy atom. The van der Waals surface area contributed by atoms with Gasteiger partial charge in [0.05, 0.1) is 5.60 Å². The molecule has 1 amide bonds. The average molecular weight is 350 g/mol. The van der Waals surface area contributed by atoms with E-state index in [1.54, 1.807) is 6.20 Å². The van der Waals surface area contributed by atoms with Gasteiger partial charge in [0.15, 0.2) is 0 Å². The highest BCUT2D eigenvalue weighted by Gasteiger charge is 2.50.